The fourth-order valence-electron chi connectivity index (χ4n) is 5.67. The number of amides is 1. The Bertz CT molecular complexity index is 1380. The van der Waals surface area contributed by atoms with E-state index in [2.05, 4.69) is 72.8 Å². The van der Waals surface area contributed by atoms with Gasteiger partial charge in [-0.3, -0.25) is 4.79 Å². The molecule has 0 N–H and O–H groups in total. The van der Waals surface area contributed by atoms with Crippen LogP contribution < -0.4 is 4.90 Å². The van der Waals surface area contributed by atoms with Gasteiger partial charge in [-0.25, -0.2) is 0 Å². The summed E-state index contributed by atoms with van der Waals surface area (Å²) in [4.78, 5) is 16.5. The molecule has 1 spiro atoms. The molecule has 4 aromatic rings. The van der Waals surface area contributed by atoms with Crippen molar-refractivity contribution in [2.24, 2.45) is 0 Å². The molecule has 0 aromatic heterocycles. The lowest BCUT2D eigenvalue weighted by Crippen LogP contribution is -2.42. The van der Waals surface area contributed by atoms with Gasteiger partial charge < -0.3 is 4.90 Å². The highest BCUT2D eigenvalue weighted by atomic mass is 35.5. The fourth-order valence-corrected chi connectivity index (χ4v) is 5.84. The van der Waals surface area contributed by atoms with Crippen molar-refractivity contribution in [2.45, 2.75) is 24.3 Å². The number of fused-ring (bicyclic) bond motifs is 2. The molecule has 1 amide bonds. The van der Waals surface area contributed by atoms with E-state index in [4.69, 9.17) is 11.6 Å². The number of nitrogens with zero attached hydrogens (tertiary/aromatic N) is 1. The molecule has 34 heavy (non-hydrogen) atoms. The van der Waals surface area contributed by atoms with Crippen LogP contribution in [-0.2, 0) is 16.8 Å². The Morgan fingerprint density at radius 1 is 0.824 bits per heavy atom. The third-order valence-electron chi connectivity index (χ3n) is 7.21. The summed E-state index contributed by atoms with van der Waals surface area (Å²) in [5.41, 5.74) is 5.93. The fraction of sp³-hybridized carbons (Fsp3) is 0.129. The number of hydrogen-bond acceptors (Lipinski definition) is 1. The molecule has 6 rings (SSSR count). The normalized spacial score (nSPS) is 21.1. The Kier molecular flexibility index (Phi) is 5.12. The highest BCUT2D eigenvalue weighted by Gasteiger charge is 2.58. The van der Waals surface area contributed by atoms with Gasteiger partial charge in [-0.15, -0.1) is 0 Å². The molecule has 0 bridgehead atoms. The predicted molar refractivity (Wildman–Crippen MR) is 139 cm³/mol. The van der Waals surface area contributed by atoms with Crippen LogP contribution in [0.2, 0.25) is 5.02 Å². The summed E-state index contributed by atoms with van der Waals surface area (Å²) in [6.07, 6.45) is 2.97. The van der Waals surface area contributed by atoms with Crippen LogP contribution in [0.3, 0.4) is 0 Å². The lowest BCUT2D eigenvalue weighted by Gasteiger charge is -2.31. The van der Waals surface area contributed by atoms with Crippen LogP contribution >= 0.6 is 11.6 Å². The van der Waals surface area contributed by atoms with Gasteiger partial charge >= 0.3 is 0 Å². The quantitative estimate of drug-likeness (QED) is 0.310. The third-order valence-corrected chi connectivity index (χ3v) is 7.45. The molecule has 2 nitrogen and oxygen atoms in total. The largest absolute Gasteiger partial charge is 0.307 e. The van der Waals surface area contributed by atoms with Gasteiger partial charge in [0.05, 0.1) is 12.0 Å². The maximum atomic E-state index is 14.5. The summed E-state index contributed by atoms with van der Waals surface area (Å²) in [5, 5.41) is 0.646. The zero-order valence-electron chi connectivity index (χ0n) is 18.7. The number of halogens is 1. The van der Waals surface area contributed by atoms with E-state index in [0.717, 1.165) is 22.4 Å². The van der Waals surface area contributed by atoms with E-state index in [-0.39, 0.29) is 11.8 Å². The highest BCUT2D eigenvalue weighted by Crippen LogP contribution is 2.59. The first kappa shape index (κ1) is 20.9. The molecule has 4 aromatic carbocycles. The first-order chi connectivity index (χ1) is 16.7. The molecule has 2 atom stereocenters. The van der Waals surface area contributed by atoms with Crippen molar-refractivity contribution in [3.8, 4) is 0 Å². The van der Waals surface area contributed by atoms with Crippen LogP contribution in [0.25, 0.3) is 5.57 Å². The predicted octanol–water partition coefficient (Wildman–Crippen LogP) is 7.40. The summed E-state index contributed by atoms with van der Waals surface area (Å²) in [7, 11) is 0. The van der Waals surface area contributed by atoms with Crippen LogP contribution in [0, 0.1) is 0 Å². The topological polar surface area (TPSA) is 20.3 Å². The van der Waals surface area contributed by atoms with E-state index >= 15 is 0 Å². The van der Waals surface area contributed by atoms with Crippen molar-refractivity contribution in [1.29, 1.82) is 0 Å². The van der Waals surface area contributed by atoms with Gasteiger partial charge in [0, 0.05) is 16.6 Å². The molecule has 0 saturated carbocycles. The zero-order valence-corrected chi connectivity index (χ0v) is 19.5. The monoisotopic (exact) mass is 461 g/mol. The van der Waals surface area contributed by atoms with Crippen LogP contribution in [0.1, 0.15) is 34.6 Å². The van der Waals surface area contributed by atoms with Crippen LogP contribution in [0.4, 0.5) is 5.69 Å². The standard InChI is InChI=1S/C31H24ClNO/c32-26-16-17-27-29(19-26)33(21-22-10-4-1-5-11-22)30(34)31(27)20-25(23-12-6-2-7-13-23)18-28(31)24-14-8-3-9-15-24/h1-19,28H,20-21H2/t28-,31+/m1/s1. The molecular formula is C31H24ClNO. The molecule has 0 fully saturated rings. The molecule has 1 heterocycles. The minimum absolute atomic E-state index is 0.0582. The third kappa shape index (κ3) is 3.29. The van der Waals surface area contributed by atoms with Gasteiger partial charge in [0.25, 0.3) is 0 Å². The molecule has 0 saturated heterocycles. The average molecular weight is 462 g/mol. The maximum Gasteiger partial charge on any atom is 0.239 e. The number of anilines is 1. The first-order valence-corrected chi connectivity index (χ1v) is 12.0. The number of hydrogen-bond donors (Lipinski definition) is 0. The first-order valence-electron chi connectivity index (χ1n) is 11.6. The van der Waals surface area contributed by atoms with Crippen molar-refractivity contribution in [2.75, 3.05) is 4.90 Å². The minimum Gasteiger partial charge on any atom is -0.307 e. The van der Waals surface area contributed by atoms with Crippen molar-refractivity contribution in [1.82, 2.24) is 0 Å². The molecule has 2 aliphatic rings. The van der Waals surface area contributed by atoms with Crippen LogP contribution in [-0.4, -0.2) is 5.91 Å². The Morgan fingerprint density at radius 2 is 1.47 bits per heavy atom. The lowest BCUT2D eigenvalue weighted by molar-refractivity contribution is -0.123. The van der Waals surface area contributed by atoms with Crippen molar-refractivity contribution in [3.05, 3.63) is 143 Å². The van der Waals surface area contributed by atoms with Gasteiger partial charge in [0.2, 0.25) is 5.91 Å². The smallest absolute Gasteiger partial charge is 0.239 e. The van der Waals surface area contributed by atoms with E-state index in [0.29, 0.717) is 18.0 Å². The summed E-state index contributed by atoms with van der Waals surface area (Å²) < 4.78 is 0. The molecule has 1 aliphatic heterocycles. The number of carbonyl (C=O) groups excluding carboxylic acids is 1. The average Bonchev–Trinajstić information content (AvgIpc) is 3.39. The summed E-state index contributed by atoms with van der Waals surface area (Å²) >= 11 is 6.46. The van der Waals surface area contributed by atoms with Gasteiger partial charge in [-0.1, -0.05) is 115 Å². The van der Waals surface area contributed by atoms with Gasteiger partial charge in [0.15, 0.2) is 0 Å². The summed E-state index contributed by atoms with van der Waals surface area (Å²) in [6.45, 7) is 0.525. The van der Waals surface area contributed by atoms with Gasteiger partial charge in [-0.2, -0.15) is 0 Å². The summed E-state index contributed by atoms with van der Waals surface area (Å²) in [5.74, 6) is 0.0850. The van der Waals surface area contributed by atoms with Crippen molar-refractivity contribution in [3.63, 3.8) is 0 Å². The van der Waals surface area contributed by atoms with E-state index < -0.39 is 5.41 Å². The van der Waals surface area contributed by atoms with Crippen LogP contribution in [0.15, 0.2) is 115 Å². The molecule has 3 heteroatoms. The number of allylic oxidation sites excluding steroid dienone is 2. The Hall–Kier alpha value is -3.62. The molecule has 166 valence electrons. The molecular weight excluding hydrogens is 438 g/mol. The second-order valence-corrected chi connectivity index (χ2v) is 9.57. The number of carbonyl (C=O) groups is 1. The van der Waals surface area contributed by atoms with Crippen molar-refractivity contribution < 1.29 is 4.79 Å². The zero-order chi connectivity index (χ0) is 23.1. The van der Waals surface area contributed by atoms with E-state index in [1.807, 2.05) is 47.4 Å². The van der Waals surface area contributed by atoms with E-state index in [1.165, 1.54) is 11.1 Å². The minimum atomic E-state index is -0.693. The number of rotatable bonds is 4. The maximum absolute atomic E-state index is 14.5. The SMILES string of the molecule is O=C1N(Cc2ccccc2)c2cc(Cl)ccc2[C@]12CC(c1ccccc1)=C[C@@H]2c1ccccc1. The van der Waals surface area contributed by atoms with Gasteiger partial charge in [0.1, 0.15) is 0 Å². The number of benzene rings is 4. The molecule has 0 radical (unpaired) electrons. The second-order valence-electron chi connectivity index (χ2n) is 9.13. The Labute approximate surface area is 205 Å². The Morgan fingerprint density at radius 3 is 2.18 bits per heavy atom. The molecule has 0 unspecified atom stereocenters. The Balaban J connectivity index is 1.53. The molecule has 1 aliphatic carbocycles. The highest BCUT2D eigenvalue weighted by molar-refractivity contribution is 6.31. The van der Waals surface area contributed by atoms with E-state index in [1.54, 1.807) is 0 Å². The van der Waals surface area contributed by atoms with Crippen LogP contribution in [0.5, 0.6) is 0 Å². The van der Waals surface area contributed by atoms with Gasteiger partial charge in [-0.05, 0) is 46.4 Å². The van der Waals surface area contributed by atoms with Crippen molar-refractivity contribution >= 4 is 28.8 Å². The lowest BCUT2D eigenvalue weighted by atomic mass is 9.69. The second kappa shape index (κ2) is 8.30. The van der Waals surface area contributed by atoms with E-state index in [9.17, 15) is 4.79 Å². The summed E-state index contributed by atoms with van der Waals surface area (Å²) in [6, 6.07) is 37.0.